The number of sulfone groups is 1. The molecule has 2 aromatic carbocycles. The molecule has 28 heavy (non-hydrogen) atoms. The summed E-state index contributed by atoms with van der Waals surface area (Å²) in [5.41, 5.74) is 0.553. The van der Waals surface area contributed by atoms with E-state index in [0.717, 1.165) is 22.4 Å². The minimum atomic E-state index is -3.93. The Labute approximate surface area is 166 Å². The van der Waals surface area contributed by atoms with Gasteiger partial charge in [-0.15, -0.1) is 0 Å². The van der Waals surface area contributed by atoms with E-state index in [4.69, 9.17) is 11.6 Å². The molecule has 0 aliphatic heterocycles. The molecule has 0 unspecified atom stereocenters. The second kappa shape index (κ2) is 7.95. The molecule has 0 atom stereocenters. The van der Waals surface area contributed by atoms with Crippen molar-refractivity contribution >= 4 is 33.0 Å². The third-order valence-electron chi connectivity index (χ3n) is 3.86. The first kappa shape index (κ1) is 19.8. The molecule has 3 aromatic rings. The number of para-hydroxylation sites is 1. The van der Waals surface area contributed by atoms with E-state index in [0.29, 0.717) is 10.7 Å². The van der Waals surface area contributed by atoms with Crippen molar-refractivity contribution < 1.29 is 13.2 Å². The average molecular weight is 418 g/mol. The summed E-state index contributed by atoms with van der Waals surface area (Å²) in [6.07, 6.45) is 0. The molecule has 0 radical (unpaired) electrons. The smallest absolute Gasteiger partial charge is 0.267 e. The van der Waals surface area contributed by atoms with Gasteiger partial charge in [0.25, 0.3) is 5.56 Å². The molecule has 1 N–H and O–H groups in total. The van der Waals surface area contributed by atoms with Gasteiger partial charge in [0, 0.05) is 6.07 Å². The third-order valence-corrected chi connectivity index (χ3v) is 5.83. The van der Waals surface area contributed by atoms with Crippen LogP contribution in [0.15, 0.2) is 75.4 Å². The van der Waals surface area contributed by atoms with Gasteiger partial charge in [0.05, 0.1) is 15.6 Å². The fraction of sp³-hybridized carbons (Fsp3) is 0.105. The summed E-state index contributed by atoms with van der Waals surface area (Å²) in [5.74, 6) is -0.562. The number of carbonyl (C=O) groups is 1. The number of nitrogens with one attached hydrogen (secondary N) is 1. The fourth-order valence-electron chi connectivity index (χ4n) is 2.48. The summed E-state index contributed by atoms with van der Waals surface area (Å²) in [5, 5.41) is 6.46. The van der Waals surface area contributed by atoms with E-state index in [1.54, 1.807) is 43.3 Å². The van der Waals surface area contributed by atoms with Crippen molar-refractivity contribution in [2.45, 2.75) is 23.4 Å². The molecule has 3 rings (SSSR count). The van der Waals surface area contributed by atoms with Gasteiger partial charge in [0.1, 0.15) is 6.54 Å². The Morgan fingerprint density at radius 2 is 1.86 bits per heavy atom. The minimum Gasteiger partial charge on any atom is -0.323 e. The first-order valence-electron chi connectivity index (χ1n) is 8.22. The van der Waals surface area contributed by atoms with Crippen molar-refractivity contribution in [3.8, 4) is 0 Å². The number of amides is 1. The van der Waals surface area contributed by atoms with Crippen LogP contribution in [0.5, 0.6) is 0 Å². The van der Waals surface area contributed by atoms with Crippen LogP contribution < -0.4 is 10.9 Å². The minimum absolute atomic E-state index is 0.0608. The standard InChI is InChI=1S/C19H16ClN3O4S/c1-13-5-4-6-14(11-13)28(26,27)18-9-10-19(25)23(22-18)12-17(24)21-16-8-3-2-7-15(16)20/h2-11H,12H2,1H3,(H,21,24). The molecular formula is C19H16ClN3O4S. The Morgan fingerprint density at radius 1 is 1.11 bits per heavy atom. The predicted octanol–water partition coefficient (Wildman–Crippen LogP) is 2.68. The monoisotopic (exact) mass is 417 g/mol. The average Bonchev–Trinajstić information content (AvgIpc) is 2.65. The van der Waals surface area contributed by atoms with Crippen LogP contribution in [0.2, 0.25) is 5.02 Å². The number of halogens is 1. The molecule has 0 bridgehead atoms. The van der Waals surface area contributed by atoms with Crippen molar-refractivity contribution in [1.29, 1.82) is 0 Å². The number of hydrogen-bond donors (Lipinski definition) is 1. The number of aryl methyl sites for hydroxylation is 1. The fourth-order valence-corrected chi connectivity index (χ4v) is 3.95. The topological polar surface area (TPSA) is 98.1 Å². The highest BCUT2D eigenvalue weighted by atomic mass is 35.5. The second-order valence-corrected chi connectivity index (χ2v) is 8.32. The van der Waals surface area contributed by atoms with Gasteiger partial charge in [-0.2, -0.15) is 5.10 Å². The summed E-state index contributed by atoms with van der Waals surface area (Å²) in [7, 11) is -3.93. The molecule has 1 heterocycles. The first-order chi connectivity index (χ1) is 13.3. The lowest BCUT2D eigenvalue weighted by molar-refractivity contribution is -0.117. The van der Waals surface area contributed by atoms with Gasteiger partial charge in [-0.25, -0.2) is 13.1 Å². The molecule has 0 saturated carbocycles. The summed E-state index contributed by atoms with van der Waals surface area (Å²) < 4.78 is 26.4. The van der Waals surface area contributed by atoms with E-state index in [2.05, 4.69) is 10.4 Å². The zero-order valence-electron chi connectivity index (χ0n) is 14.8. The number of rotatable bonds is 5. The third kappa shape index (κ3) is 4.29. The lowest BCUT2D eigenvalue weighted by Gasteiger charge is -2.10. The molecule has 1 amide bonds. The van der Waals surface area contributed by atoms with Crippen molar-refractivity contribution in [3.05, 3.63) is 81.6 Å². The molecule has 0 saturated heterocycles. The van der Waals surface area contributed by atoms with Crippen LogP contribution >= 0.6 is 11.6 Å². The van der Waals surface area contributed by atoms with E-state index < -0.39 is 27.8 Å². The largest absolute Gasteiger partial charge is 0.323 e. The van der Waals surface area contributed by atoms with Gasteiger partial charge < -0.3 is 5.32 Å². The highest BCUT2D eigenvalue weighted by Gasteiger charge is 2.21. The molecule has 0 fully saturated rings. The van der Waals surface area contributed by atoms with E-state index >= 15 is 0 Å². The first-order valence-corrected chi connectivity index (χ1v) is 10.1. The Kier molecular flexibility index (Phi) is 5.62. The summed E-state index contributed by atoms with van der Waals surface area (Å²) in [6.45, 7) is 1.31. The summed E-state index contributed by atoms with van der Waals surface area (Å²) in [4.78, 5) is 24.3. The van der Waals surface area contributed by atoms with E-state index in [-0.39, 0.29) is 9.92 Å². The van der Waals surface area contributed by atoms with Crippen molar-refractivity contribution in [2.24, 2.45) is 0 Å². The van der Waals surface area contributed by atoms with Gasteiger partial charge in [0.2, 0.25) is 15.7 Å². The highest BCUT2D eigenvalue weighted by molar-refractivity contribution is 7.91. The Bertz CT molecular complexity index is 1210. The van der Waals surface area contributed by atoms with Crippen LogP contribution in [0.4, 0.5) is 5.69 Å². The number of carbonyl (C=O) groups excluding carboxylic acids is 1. The Balaban J connectivity index is 1.89. The highest BCUT2D eigenvalue weighted by Crippen LogP contribution is 2.21. The maximum absolute atomic E-state index is 12.8. The van der Waals surface area contributed by atoms with Crippen LogP contribution in [0.25, 0.3) is 0 Å². The van der Waals surface area contributed by atoms with Gasteiger partial charge >= 0.3 is 0 Å². The number of anilines is 1. The van der Waals surface area contributed by atoms with E-state index in [1.165, 1.54) is 12.1 Å². The molecule has 144 valence electrons. The SMILES string of the molecule is Cc1cccc(S(=O)(=O)c2ccc(=O)n(CC(=O)Nc3ccccc3Cl)n2)c1. The predicted molar refractivity (Wildman–Crippen MR) is 105 cm³/mol. The molecule has 0 spiro atoms. The molecule has 9 heteroatoms. The van der Waals surface area contributed by atoms with Crippen molar-refractivity contribution in [2.75, 3.05) is 5.32 Å². The Hall–Kier alpha value is -2.97. The van der Waals surface area contributed by atoms with Gasteiger partial charge in [0.15, 0.2) is 5.03 Å². The van der Waals surface area contributed by atoms with Crippen LogP contribution in [0.3, 0.4) is 0 Å². The van der Waals surface area contributed by atoms with E-state index in [1.807, 2.05) is 0 Å². The second-order valence-electron chi connectivity index (χ2n) is 6.02. The van der Waals surface area contributed by atoms with Gasteiger partial charge in [-0.3, -0.25) is 9.59 Å². The van der Waals surface area contributed by atoms with Gasteiger partial charge in [-0.05, 0) is 42.8 Å². The number of hydrogen-bond acceptors (Lipinski definition) is 5. The molecule has 0 aliphatic rings. The van der Waals surface area contributed by atoms with Crippen LogP contribution in [0, 0.1) is 6.92 Å². The van der Waals surface area contributed by atoms with Crippen molar-refractivity contribution in [3.63, 3.8) is 0 Å². The van der Waals surface area contributed by atoms with Gasteiger partial charge in [-0.1, -0.05) is 35.9 Å². The van der Waals surface area contributed by atoms with Crippen LogP contribution in [-0.2, 0) is 21.2 Å². The molecule has 1 aromatic heterocycles. The van der Waals surface area contributed by atoms with Crippen LogP contribution in [-0.4, -0.2) is 24.1 Å². The maximum Gasteiger partial charge on any atom is 0.267 e. The summed E-state index contributed by atoms with van der Waals surface area (Å²) in [6, 6.07) is 15.2. The molecule has 7 nitrogen and oxygen atoms in total. The van der Waals surface area contributed by atoms with Crippen LogP contribution in [0.1, 0.15) is 5.56 Å². The number of benzene rings is 2. The maximum atomic E-state index is 12.8. The lowest BCUT2D eigenvalue weighted by atomic mass is 10.2. The zero-order chi connectivity index (χ0) is 20.3. The lowest BCUT2D eigenvalue weighted by Crippen LogP contribution is -2.30. The molecule has 0 aliphatic carbocycles. The summed E-state index contributed by atoms with van der Waals surface area (Å²) >= 11 is 5.99. The quantitative estimate of drug-likeness (QED) is 0.688. The molecular weight excluding hydrogens is 402 g/mol. The zero-order valence-corrected chi connectivity index (χ0v) is 16.4. The van der Waals surface area contributed by atoms with Crippen molar-refractivity contribution in [1.82, 2.24) is 9.78 Å². The number of nitrogens with zero attached hydrogens (tertiary/aromatic N) is 2. The Morgan fingerprint density at radius 3 is 2.57 bits per heavy atom. The van der Waals surface area contributed by atoms with E-state index in [9.17, 15) is 18.0 Å². The normalized spacial score (nSPS) is 11.2. The number of aromatic nitrogens is 2.